The summed E-state index contributed by atoms with van der Waals surface area (Å²) in [4.78, 5) is 15.7. The Bertz CT molecular complexity index is 627. The second-order valence-corrected chi connectivity index (χ2v) is 4.32. The molecule has 1 aromatic heterocycles. The summed E-state index contributed by atoms with van der Waals surface area (Å²) in [5.41, 5.74) is 8.33. The molecule has 0 fully saturated rings. The zero-order chi connectivity index (χ0) is 15.2. The number of methoxy groups -OCH3 is 2. The molecule has 0 spiro atoms. The maximum Gasteiger partial charge on any atom is 0.340 e. The number of carbonyl (C=O) groups excluding carboxylic acids is 1. The fraction of sp³-hybridized carbons (Fsp3) is 0.200. The van der Waals surface area contributed by atoms with Crippen molar-refractivity contribution < 1.29 is 14.3 Å². The van der Waals surface area contributed by atoms with Crippen LogP contribution in [0.15, 0.2) is 36.5 Å². The van der Waals surface area contributed by atoms with Crippen LogP contribution in [-0.2, 0) is 11.3 Å². The van der Waals surface area contributed by atoms with Crippen LogP contribution in [0.1, 0.15) is 15.9 Å². The van der Waals surface area contributed by atoms with E-state index in [1.807, 2.05) is 6.07 Å². The zero-order valence-electron chi connectivity index (χ0n) is 11.9. The summed E-state index contributed by atoms with van der Waals surface area (Å²) in [5, 5.41) is 3.17. The van der Waals surface area contributed by atoms with E-state index in [0.717, 1.165) is 5.56 Å². The van der Waals surface area contributed by atoms with E-state index in [4.69, 9.17) is 10.5 Å². The van der Waals surface area contributed by atoms with E-state index in [0.29, 0.717) is 29.4 Å². The lowest BCUT2D eigenvalue weighted by Gasteiger charge is -2.12. The van der Waals surface area contributed by atoms with Gasteiger partial charge in [-0.2, -0.15) is 0 Å². The van der Waals surface area contributed by atoms with E-state index in [1.54, 1.807) is 37.6 Å². The van der Waals surface area contributed by atoms with E-state index in [1.165, 1.54) is 7.11 Å². The highest BCUT2D eigenvalue weighted by Crippen LogP contribution is 2.24. The van der Waals surface area contributed by atoms with Crippen LogP contribution in [-0.4, -0.2) is 25.2 Å². The molecule has 6 heteroatoms. The predicted molar refractivity (Wildman–Crippen MR) is 80.3 cm³/mol. The van der Waals surface area contributed by atoms with Gasteiger partial charge in [-0.3, -0.25) is 0 Å². The molecule has 0 saturated carbocycles. The van der Waals surface area contributed by atoms with Crippen molar-refractivity contribution in [1.29, 1.82) is 0 Å². The number of anilines is 2. The van der Waals surface area contributed by atoms with Crippen molar-refractivity contribution in [2.24, 2.45) is 0 Å². The molecular formula is C15H17N3O3. The molecule has 0 aliphatic rings. The summed E-state index contributed by atoms with van der Waals surface area (Å²) in [5.74, 6) is 0.105. The third-order valence-electron chi connectivity index (χ3n) is 3.00. The van der Waals surface area contributed by atoms with Gasteiger partial charge in [-0.05, 0) is 17.7 Å². The number of hydrogen-bond donors (Lipinski definition) is 2. The third-order valence-corrected chi connectivity index (χ3v) is 3.00. The highest BCUT2D eigenvalue weighted by atomic mass is 16.5. The molecule has 2 aromatic rings. The number of ether oxygens (including phenoxy) is 2. The summed E-state index contributed by atoms with van der Waals surface area (Å²) < 4.78 is 9.69. The predicted octanol–water partition coefficient (Wildman–Crippen LogP) is 2.07. The molecule has 2 rings (SSSR count). The van der Waals surface area contributed by atoms with Crippen LogP contribution >= 0.6 is 0 Å². The Morgan fingerprint density at radius 3 is 2.71 bits per heavy atom. The SMILES string of the molecule is COC(=O)c1cccc(NCc2ccc(OC)nc2)c1N. The summed E-state index contributed by atoms with van der Waals surface area (Å²) in [6.07, 6.45) is 1.71. The van der Waals surface area contributed by atoms with Gasteiger partial charge >= 0.3 is 5.97 Å². The molecule has 1 aromatic carbocycles. The Morgan fingerprint density at radius 1 is 1.29 bits per heavy atom. The zero-order valence-corrected chi connectivity index (χ0v) is 11.9. The quantitative estimate of drug-likeness (QED) is 0.646. The smallest absolute Gasteiger partial charge is 0.340 e. The van der Waals surface area contributed by atoms with Gasteiger partial charge < -0.3 is 20.5 Å². The van der Waals surface area contributed by atoms with Crippen LogP contribution in [0, 0.1) is 0 Å². The minimum Gasteiger partial charge on any atom is -0.481 e. The molecule has 110 valence electrons. The first-order valence-electron chi connectivity index (χ1n) is 6.35. The first-order valence-corrected chi connectivity index (χ1v) is 6.35. The number of hydrogen-bond acceptors (Lipinski definition) is 6. The lowest BCUT2D eigenvalue weighted by molar-refractivity contribution is 0.0602. The fourth-order valence-electron chi connectivity index (χ4n) is 1.84. The molecule has 0 atom stereocenters. The van der Waals surface area contributed by atoms with Crippen molar-refractivity contribution >= 4 is 17.3 Å². The minimum absolute atomic E-state index is 0.343. The number of para-hydroxylation sites is 1. The highest BCUT2D eigenvalue weighted by Gasteiger charge is 2.12. The lowest BCUT2D eigenvalue weighted by Crippen LogP contribution is -2.09. The van der Waals surface area contributed by atoms with Crippen LogP contribution in [0.4, 0.5) is 11.4 Å². The summed E-state index contributed by atoms with van der Waals surface area (Å²) >= 11 is 0. The van der Waals surface area contributed by atoms with Crippen molar-refractivity contribution in [1.82, 2.24) is 4.98 Å². The molecule has 0 aliphatic heterocycles. The molecular weight excluding hydrogens is 270 g/mol. The third kappa shape index (κ3) is 3.42. The molecule has 0 aliphatic carbocycles. The number of nitrogens with zero attached hydrogens (tertiary/aromatic N) is 1. The summed E-state index contributed by atoms with van der Waals surface area (Å²) in [7, 11) is 2.89. The summed E-state index contributed by atoms with van der Waals surface area (Å²) in [6.45, 7) is 0.534. The van der Waals surface area contributed by atoms with Gasteiger partial charge in [0.2, 0.25) is 5.88 Å². The summed E-state index contributed by atoms with van der Waals surface area (Å²) in [6, 6.07) is 8.86. The number of carbonyl (C=O) groups is 1. The van der Waals surface area contributed by atoms with Gasteiger partial charge in [0.1, 0.15) is 0 Å². The normalized spacial score (nSPS) is 10.0. The monoisotopic (exact) mass is 287 g/mol. The van der Waals surface area contributed by atoms with Crippen LogP contribution in [0.5, 0.6) is 5.88 Å². The van der Waals surface area contributed by atoms with Crippen LogP contribution in [0.2, 0.25) is 0 Å². The number of aromatic nitrogens is 1. The average Bonchev–Trinajstić information content (AvgIpc) is 2.53. The van der Waals surface area contributed by atoms with E-state index in [9.17, 15) is 4.79 Å². The highest BCUT2D eigenvalue weighted by molar-refractivity contribution is 5.98. The molecule has 0 bridgehead atoms. The Labute approximate surface area is 122 Å². The van der Waals surface area contributed by atoms with E-state index < -0.39 is 5.97 Å². The van der Waals surface area contributed by atoms with Crippen LogP contribution in [0.3, 0.4) is 0 Å². The van der Waals surface area contributed by atoms with Gasteiger partial charge in [-0.15, -0.1) is 0 Å². The van der Waals surface area contributed by atoms with Gasteiger partial charge in [0.15, 0.2) is 0 Å². The minimum atomic E-state index is -0.456. The standard InChI is InChI=1S/C15H17N3O3/c1-20-13-7-6-10(9-18-13)8-17-12-5-3-4-11(14(12)16)15(19)21-2/h3-7,9,17H,8,16H2,1-2H3. The average molecular weight is 287 g/mol. The van der Waals surface area contributed by atoms with Gasteiger partial charge in [0.05, 0.1) is 31.2 Å². The largest absolute Gasteiger partial charge is 0.481 e. The van der Waals surface area contributed by atoms with Gasteiger partial charge in [-0.25, -0.2) is 9.78 Å². The number of benzene rings is 1. The second kappa shape index (κ2) is 6.60. The molecule has 21 heavy (non-hydrogen) atoms. The Balaban J connectivity index is 2.10. The Hall–Kier alpha value is -2.76. The maximum absolute atomic E-state index is 11.6. The molecule has 1 heterocycles. The number of nitrogens with two attached hydrogens (primary N) is 1. The molecule has 0 amide bonds. The van der Waals surface area contributed by atoms with E-state index in [2.05, 4.69) is 15.0 Å². The fourth-order valence-corrected chi connectivity index (χ4v) is 1.84. The molecule has 6 nitrogen and oxygen atoms in total. The number of nitrogens with one attached hydrogen (secondary N) is 1. The number of rotatable bonds is 5. The first kappa shape index (κ1) is 14.6. The van der Waals surface area contributed by atoms with Crippen molar-refractivity contribution in [3.63, 3.8) is 0 Å². The van der Waals surface area contributed by atoms with E-state index >= 15 is 0 Å². The molecule has 0 radical (unpaired) electrons. The van der Waals surface area contributed by atoms with Crippen molar-refractivity contribution in [2.75, 3.05) is 25.3 Å². The number of nitrogen functional groups attached to an aromatic ring is 1. The van der Waals surface area contributed by atoms with E-state index in [-0.39, 0.29) is 0 Å². The maximum atomic E-state index is 11.6. The van der Waals surface area contributed by atoms with Crippen LogP contribution < -0.4 is 15.8 Å². The molecule has 0 unspecified atom stereocenters. The van der Waals surface area contributed by atoms with Crippen molar-refractivity contribution in [2.45, 2.75) is 6.54 Å². The molecule has 3 N–H and O–H groups in total. The van der Waals surface area contributed by atoms with Crippen molar-refractivity contribution in [3.8, 4) is 5.88 Å². The second-order valence-electron chi connectivity index (χ2n) is 4.32. The first-order chi connectivity index (χ1) is 10.2. The number of pyridine rings is 1. The topological polar surface area (TPSA) is 86.5 Å². The van der Waals surface area contributed by atoms with Crippen molar-refractivity contribution in [3.05, 3.63) is 47.7 Å². The number of esters is 1. The Kier molecular flexibility index (Phi) is 4.61. The lowest BCUT2D eigenvalue weighted by atomic mass is 10.1. The van der Waals surface area contributed by atoms with Gasteiger partial charge in [0.25, 0.3) is 0 Å². The van der Waals surface area contributed by atoms with Gasteiger partial charge in [-0.1, -0.05) is 12.1 Å². The van der Waals surface area contributed by atoms with Crippen LogP contribution in [0.25, 0.3) is 0 Å². The van der Waals surface area contributed by atoms with Gasteiger partial charge in [0, 0.05) is 18.8 Å². The Morgan fingerprint density at radius 2 is 2.10 bits per heavy atom. The molecule has 0 saturated heterocycles.